The number of carbonyl (C=O) groups excluding carboxylic acids is 4. The molecule has 1 saturated heterocycles. The number of nitrogens with one attached hydrogen (secondary N) is 3. The highest BCUT2D eigenvalue weighted by Crippen LogP contribution is 2.42. The summed E-state index contributed by atoms with van der Waals surface area (Å²) in [6.45, 7) is 3.11. The molecule has 0 spiro atoms. The van der Waals surface area contributed by atoms with Gasteiger partial charge < -0.3 is 36.9 Å². The van der Waals surface area contributed by atoms with Crippen molar-refractivity contribution in [3.8, 4) is 0 Å². The van der Waals surface area contributed by atoms with Crippen LogP contribution in [0.3, 0.4) is 0 Å². The lowest BCUT2D eigenvalue weighted by molar-refractivity contribution is -0.142. The van der Waals surface area contributed by atoms with E-state index in [9.17, 15) is 29.4 Å². The smallest absolute Gasteiger partial charge is 0.243 e. The van der Waals surface area contributed by atoms with E-state index in [1.807, 2.05) is 24.3 Å². The molecule has 39 heavy (non-hydrogen) atoms. The number of nitrogens with zero attached hydrogens (tertiary/aromatic N) is 1. The van der Waals surface area contributed by atoms with Crippen LogP contribution in [-0.4, -0.2) is 86.6 Å². The number of likely N-dealkylation sites (tertiary alicyclic amines) is 1. The molecule has 4 rings (SSSR count). The second-order valence-electron chi connectivity index (χ2n) is 10.8. The average molecular weight is 543 g/mol. The van der Waals surface area contributed by atoms with Crippen molar-refractivity contribution in [3.63, 3.8) is 0 Å². The molecule has 9 N–H and O–H groups in total. The van der Waals surface area contributed by atoms with E-state index in [0.717, 1.165) is 35.7 Å². The number of aromatic nitrogens is 1. The summed E-state index contributed by atoms with van der Waals surface area (Å²) in [5.74, 6) is -2.57. The third-order valence-corrected chi connectivity index (χ3v) is 8.10. The van der Waals surface area contributed by atoms with Crippen LogP contribution in [0.25, 0.3) is 10.9 Å². The molecular formula is C27H38N6O6. The minimum absolute atomic E-state index is 0.0196. The van der Waals surface area contributed by atoms with Gasteiger partial charge in [-0.3, -0.25) is 24.5 Å². The minimum Gasteiger partial charge on any atom is -0.391 e. The fraction of sp³-hybridized carbons (Fsp3) is 0.556. The predicted octanol–water partition coefficient (Wildman–Crippen LogP) is -1.12. The second-order valence-corrected chi connectivity index (χ2v) is 10.8. The van der Waals surface area contributed by atoms with Gasteiger partial charge in [0.2, 0.25) is 23.6 Å². The number of H-pyrrole nitrogens is 1. The zero-order chi connectivity index (χ0) is 28.4. The Hall–Kier alpha value is -3.48. The first kappa shape index (κ1) is 28.5. The molecule has 2 aromatic rings. The Morgan fingerprint density at radius 2 is 1.77 bits per heavy atom. The number of primary amides is 2. The van der Waals surface area contributed by atoms with Crippen LogP contribution in [0.1, 0.15) is 38.7 Å². The Balaban J connectivity index is 1.63. The van der Waals surface area contributed by atoms with Crippen LogP contribution in [-0.2, 0) is 25.6 Å². The van der Waals surface area contributed by atoms with Crippen molar-refractivity contribution in [3.05, 3.63) is 36.0 Å². The fourth-order valence-electron chi connectivity index (χ4n) is 6.14. The first-order chi connectivity index (χ1) is 18.5. The number of benzene rings is 1. The number of fused-ring (bicyclic) bond motifs is 2. The van der Waals surface area contributed by atoms with Crippen LogP contribution < -0.4 is 22.1 Å². The van der Waals surface area contributed by atoms with Crippen LogP contribution >= 0.6 is 0 Å². The zero-order valence-corrected chi connectivity index (χ0v) is 22.2. The van der Waals surface area contributed by atoms with E-state index in [1.165, 1.54) is 18.7 Å². The maximum atomic E-state index is 13.8. The van der Waals surface area contributed by atoms with Gasteiger partial charge in [0.05, 0.1) is 18.2 Å². The van der Waals surface area contributed by atoms with E-state index in [-0.39, 0.29) is 18.3 Å². The van der Waals surface area contributed by atoms with Crippen LogP contribution in [0.2, 0.25) is 0 Å². The van der Waals surface area contributed by atoms with Crippen LogP contribution in [0.4, 0.5) is 0 Å². The van der Waals surface area contributed by atoms with E-state index < -0.39 is 60.0 Å². The van der Waals surface area contributed by atoms with E-state index in [2.05, 4.69) is 15.6 Å². The van der Waals surface area contributed by atoms with Crippen molar-refractivity contribution in [2.45, 2.75) is 75.9 Å². The molecule has 1 aliphatic heterocycles. The molecule has 0 radical (unpaired) electrons. The monoisotopic (exact) mass is 542 g/mol. The third-order valence-electron chi connectivity index (χ3n) is 8.10. The van der Waals surface area contributed by atoms with Gasteiger partial charge in [0.1, 0.15) is 18.1 Å². The lowest BCUT2D eigenvalue weighted by Crippen LogP contribution is -2.62. The molecule has 8 atom stereocenters. The van der Waals surface area contributed by atoms with Gasteiger partial charge >= 0.3 is 0 Å². The van der Waals surface area contributed by atoms with Gasteiger partial charge in [0.25, 0.3) is 0 Å². The SMILES string of the molecule is C[C@@H](O)[C@H](NC(=O)[C@H](Cc1c[nH]c2ccccc12)N[C@H](C(=O)N1CC2CCCC2C1C(N)=O)[C@@H](C)O)C(N)=O. The summed E-state index contributed by atoms with van der Waals surface area (Å²) in [4.78, 5) is 56.1. The molecule has 4 amide bonds. The molecule has 12 nitrogen and oxygen atoms in total. The molecule has 2 aliphatic rings. The number of nitrogens with two attached hydrogens (primary N) is 2. The molecule has 1 aromatic carbocycles. The standard InChI is InChI=1S/C27H38N6O6/c1-13(34)21(24(28)36)32-26(38)20(10-16-11-30-19-9-4-3-7-17(16)19)31-22(14(2)35)27(39)33-12-15-6-5-8-18(15)23(33)25(29)37/h3-4,7,9,11,13-15,18,20-23,30-31,34-35H,5-6,8,10,12H2,1-2H3,(H2,28,36)(H2,29,37)(H,32,38)/t13-,14-,15?,18?,20+,21+,22+,23?/m1/s1. The van der Waals surface area contributed by atoms with E-state index in [1.54, 1.807) is 6.20 Å². The van der Waals surface area contributed by atoms with Crippen LogP contribution in [0, 0.1) is 11.8 Å². The molecule has 1 saturated carbocycles. The molecule has 1 aliphatic carbocycles. The summed E-state index contributed by atoms with van der Waals surface area (Å²) in [5.41, 5.74) is 12.7. The molecule has 12 heteroatoms. The van der Waals surface area contributed by atoms with Gasteiger partial charge in [-0.15, -0.1) is 0 Å². The molecule has 0 bridgehead atoms. The molecule has 212 valence electrons. The average Bonchev–Trinajstić information content (AvgIpc) is 3.58. The largest absolute Gasteiger partial charge is 0.391 e. The topological polar surface area (TPSA) is 204 Å². The molecule has 3 unspecified atom stereocenters. The summed E-state index contributed by atoms with van der Waals surface area (Å²) < 4.78 is 0. The number of aromatic amines is 1. The Labute approximate surface area is 226 Å². The lowest BCUT2D eigenvalue weighted by atomic mass is 9.93. The number of carbonyl (C=O) groups is 4. The van der Waals surface area contributed by atoms with E-state index >= 15 is 0 Å². The predicted molar refractivity (Wildman–Crippen MR) is 143 cm³/mol. The van der Waals surface area contributed by atoms with Crippen molar-refractivity contribution in [1.82, 2.24) is 20.5 Å². The summed E-state index contributed by atoms with van der Waals surface area (Å²) >= 11 is 0. The second kappa shape index (κ2) is 11.7. The molecule has 1 aromatic heterocycles. The van der Waals surface area contributed by atoms with E-state index in [0.29, 0.717) is 6.54 Å². The Morgan fingerprint density at radius 3 is 2.41 bits per heavy atom. The Morgan fingerprint density at radius 1 is 1.08 bits per heavy atom. The molecular weight excluding hydrogens is 504 g/mol. The van der Waals surface area contributed by atoms with Crippen LogP contribution in [0.15, 0.2) is 30.5 Å². The Kier molecular flexibility index (Phi) is 8.57. The highest BCUT2D eigenvalue weighted by atomic mass is 16.3. The number of hydrogen-bond donors (Lipinski definition) is 7. The highest BCUT2D eigenvalue weighted by molar-refractivity contribution is 5.93. The van der Waals surface area contributed by atoms with Gasteiger partial charge in [0.15, 0.2) is 0 Å². The van der Waals surface area contributed by atoms with Gasteiger partial charge in [-0.05, 0) is 56.6 Å². The maximum Gasteiger partial charge on any atom is 0.243 e. The van der Waals surface area contributed by atoms with Gasteiger partial charge in [0, 0.05) is 23.6 Å². The van der Waals surface area contributed by atoms with Crippen molar-refractivity contribution in [2.24, 2.45) is 23.3 Å². The minimum atomic E-state index is -1.36. The number of aliphatic hydroxyl groups excluding tert-OH is 2. The van der Waals surface area contributed by atoms with Gasteiger partial charge in [-0.1, -0.05) is 24.6 Å². The number of aliphatic hydroxyl groups is 2. The van der Waals surface area contributed by atoms with Crippen molar-refractivity contribution >= 4 is 34.5 Å². The van der Waals surface area contributed by atoms with Crippen molar-refractivity contribution in [1.29, 1.82) is 0 Å². The summed E-state index contributed by atoms with van der Waals surface area (Å²) in [6, 6.07) is 3.01. The highest BCUT2D eigenvalue weighted by Gasteiger charge is 2.50. The number of hydrogen-bond acceptors (Lipinski definition) is 7. The maximum absolute atomic E-state index is 13.8. The van der Waals surface area contributed by atoms with Crippen LogP contribution in [0.5, 0.6) is 0 Å². The normalized spacial score (nSPS) is 24.5. The lowest BCUT2D eigenvalue weighted by Gasteiger charge is -2.33. The number of para-hydroxylation sites is 1. The summed E-state index contributed by atoms with van der Waals surface area (Å²) in [7, 11) is 0. The fourth-order valence-corrected chi connectivity index (χ4v) is 6.14. The quantitative estimate of drug-likeness (QED) is 0.186. The summed E-state index contributed by atoms with van der Waals surface area (Å²) in [5, 5.41) is 27.0. The van der Waals surface area contributed by atoms with Gasteiger partial charge in [-0.2, -0.15) is 0 Å². The third kappa shape index (κ3) is 5.92. The van der Waals surface area contributed by atoms with Crippen molar-refractivity contribution in [2.75, 3.05) is 6.54 Å². The van der Waals surface area contributed by atoms with Gasteiger partial charge in [-0.25, -0.2) is 0 Å². The summed E-state index contributed by atoms with van der Waals surface area (Å²) in [6.07, 6.45) is 2.01. The Bertz CT molecular complexity index is 1230. The molecule has 2 fully saturated rings. The first-order valence-electron chi connectivity index (χ1n) is 13.4. The number of rotatable bonds is 11. The van der Waals surface area contributed by atoms with E-state index in [4.69, 9.17) is 11.5 Å². The molecule has 2 heterocycles. The zero-order valence-electron chi connectivity index (χ0n) is 22.2. The number of amides is 4. The first-order valence-corrected chi connectivity index (χ1v) is 13.4. The van der Waals surface area contributed by atoms with Crippen molar-refractivity contribution < 1.29 is 29.4 Å².